The Labute approximate surface area is 137 Å². The van der Waals surface area contributed by atoms with E-state index in [4.69, 9.17) is 0 Å². The minimum atomic E-state index is 0.453. The molecule has 21 heavy (non-hydrogen) atoms. The van der Waals surface area contributed by atoms with Gasteiger partial charge in [-0.25, -0.2) is 0 Å². The monoisotopic (exact) mass is 350 g/mol. The van der Waals surface area contributed by atoms with Gasteiger partial charge in [-0.2, -0.15) is 0 Å². The Balaban J connectivity index is 2.52. The van der Waals surface area contributed by atoms with Crippen LogP contribution in [0.2, 0.25) is 0 Å². The van der Waals surface area contributed by atoms with Gasteiger partial charge in [0, 0.05) is 0 Å². The molecule has 1 aromatic carbocycles. The molecule has 1 aromatic rings. The SMILES string of the molecule is CCCC/C=C\C(=C/CCCCCC)[Se]c1ccccc1. The van der Waals surface area contributed by atoms with Crippen molar-refractivity contribution in [2.24, 2.45) is 0 Å². The maximum absolute atomic E-state index is 2.48. The normalized spacial score (nSPS) is 12.2. The van der Waals surface area contributed by atoms with E-state index < -0.39 is 0 Å². The van der Waals surface area contributed by atoms with Crippen LogP contribution >= 0.6 is 0 Å². The molecule has 1 rings (SSSR count). The van der Waals surface area contributed by atoms with Crippen molar-refractivity contribution in [2.75, 3.05) is 0 Å². The summed E-state index contributed by atoms with van der Waals surface area (Å²) in [4.78, 5) is 0. The molecule has 0 aromatic heterocycles. The van der Waals surface area contributed by atoms with Crippen molar-refractivity contribution in [3.8, 4) is 0 Å². The third kappa shape index (κ3) is 9.72. The number of hydrogen-bond acceptors (Lipinski definition) is 0. The van der Waals surface area contributed by atoms with E-state index in [1.807, 2.05) is 0 Å². The van der Waals surface area contributed by atoms with E-state index in [9.17, 15) is 0 Å². The van der Waals surface area contributed by atoms with Crippen LogP contribution in [0.3, 0.4) is 0 Å². The summed E-state index contributed by atoms with van der Waals surface area (Å²) in [6.07, 6.45) is 17.7. The molecule has 0 bridgehead atoms. The average molecular weight is 349 g/mol. The Kier molecular flexibility index (Phi) is 11.2. The summed E-state index contributed by atoms with van der Waals surface area (Å²) in [5.41, 5.74) is 0. The molecule has 0 N–H and O–H groups in total. The zero-order valence-corrected chi connectivity index (χ0v) is 15.4. The number of benzene rings is 1. The standard InChI is InChI=1S/C20H30Se/c1-3-5-7-9-12-16-19(15-11-8-6-4-2)21-20-17-13-10-14-18-20/h10-11,13-18H,3-9,12H2,1-2H3/b15-11-,19-16+. The van der Waals surface area contributed by atoms with E-state index >= 15 is 0 Å². The average Bonchev–Trinajstić information content (AvgIpc) is 2.52. The molecule has 0 unspecified atom stereocenters. The van der Waals surface area contributed by atoms with Gasteiger partial charge in [-0.05, 0) is 0 Å². The molecule has 0 saturated heterocycles. The van der Waals surface area contributed by atoms with Gasteiger partial charge in [-0.3, -0.25) is 0 Å². The van der Waals surface area contributed by atoms with E-state index in [0.29, 0.717) is 15.0 Å². The second kappa shape index (κ2) is 12.9. The fraction of sp³-hybridized carbons (Fsp3) is 0.500. The molecule has 0 heterocycles. The van der Waals surface area contributed by atoms with Gasteiger partial charge in [0.2, 0.25) is 0 Å². The van der Waals surface area contributed by atoms with E-state index in [1.165, 1.54) is 55.8 Å². The Morgan fingerprint density at radius 2 is 1.67 bits per heavy atom. The molecule has 0 nitrogen and oxygen atoms in total. The van der Waals surface area contributed by atoms with Crippen LogP contribution < -0.4 is 4.46 Å². The molecule has 0 aliphatic carbocycles. The predicted molar refractivity (Wildman–Crippen MR) is 97.3 cm³/mol. The van der Waals surface area contributed by atoms with Crippen molar-refractivity contribution >= 4 is 19.4 Å². The van der Waals surface area contributed by atoms with Crippen molar-refractivity contribution in [2.45, 2.75) is 65.2 Å². The third-order valence-corrected chi connectivity index (χ3v) is 5.58. The molecule has 0 spiro atoms. The van der Waals surface area contributed by atoms with Crippen molar-refractivity contribution < 1.29 is 0 Å². The van der Waals surface area contributed by atoms with Crippen molar-refractivity contribution in [1.29, 1.82) is 0 Å². The Morgan fingerprint density at radius 1 is 0.905 bits per heavy atom. The molecule has 116 valence electrons. The fourth-order valence-electron chi connectivity index (χ4n) is 2.11. The molecule has 0 aliphatic heterocycles. The van der Waals surface area contributed by atoms with Gasteiger partial charge in [0.15, 0.2) is 0 Å². The van der Waals surface area contributed by atoms with Crippen LogP contribution in [0.15, 0.2) is 53.0 Å². The van der Waals surface area contributed by atoms with Crippen LogP contribution in [0.5, 0.6) is 0 Å². The number of hydrogen-bond donors (Lipinski definition) is 0. The number of unbranched alkanes of at least 4 members (excludes halogenated alkanes) is 6. The summed E-state index contributed by atoms with van der Waals surface area (Å²) >= 11 is 0.453. The molecular formula is C20H30Se. The van der Waals surface area contributed by atoms with Crippen molar-refractivity contribution in [1.82, 2.24) is 0 Å². The first-order chi connectivity index (χ1) is 10.4. The second-order valence-electron chi connectivity index (χ2n) is 5.42. The predicted octanol–water partition coefficient (Wildman–Crippen LogP) is 5.62. The summed E-state index contributed by atoms with van der Waals surface area (Å²) in [5, 5.41) is 0. The van der Waals surface area contributed by atoms with E-state index in [-0.39, 0.29) is 0 Å². The number of rotatable bonds is 11. The van der Waals surface area contributed by atoms with Crippen LogP contribution in [0.25, 0.3) is 0 Å². The van der Waals surface area contributed by atoms with Crippen molar-refractivity contribution in [3.63, 3.8) is 0 Å². The third-order valence-electron chi connectivity index (χ3n) is 3.39. The van der Waals surface area contributed by atoms with Gasteiger partial charge in [-0.15, -0.1) is 0 Å². The summed E-state index contributed by atoms with van der Waals surface area (Å²) < 4.78 is 3.02. The minimum absolute atomic E-state index is 0.453. The number of allylic oxidation sites excluding steroid dienone is 4. The van der Waals surface area contributed by atoms with Crippen LogP contribution in [-0.4, -0.2) is 15.0 Å². The Morgan fingerprint density at radius 3 is 2.38 bits per heavy atom. The topological polar surface area (TPSA) is 0 Å². The Hall–Kier alpha value is -0.781. The van der Waals surface area contributed by atoms with Crippen LogP contribution in [-0.2, 0) is 0 Å². The second-order valence-corrected chi connectivity index (χ2v) is 7.82. The summed E-state index contributed by atoms with van der Waals surface area (Å²) in [6.45, 7) is 4.53. The first-order valence-electron chi connectivity index (χ1n) is 8.46. The molecule has 0 atom stereocenters. The van der Waals surface area contributed by atoms with Gasteiger partial charge in [0.1, 0.15) is 0 Å². The molecule has 0 amide bonds. The molecule has 0 saturated carbocycles. The van der Waals surface area contributed by atoms with Gasteiger partial charge in [-0.1, -0.05) is 0 Å². The quantitative estimate of drug-likeness (QED) is 0.276. The maximum atomic E-state index is 2.48. The van der Waals surface area contributed by atoms with Gasteiger partial charge in [0.25, 0.3) is 0 Å². The summed E-state index contributed by atoms with van der Waals surface area (Å²) in [7, 11) is 0. The Bertz CT molecular complexity index is 403. The van der Waals surface area contributed by atoms with E-state index in [1.54, 1.807) is 4.47 Å². The van der Waals surface area contributed by atoms with E-state index in [0.717, 1.165) is 0 Å². The van der Waals surface area contributed by atoms with Crippen molar-refractivity contribution in [3.05, 3.63) is 53.0 Å². The molecule has 0 radical (unpaired) electrons. The zero-order chi connectivity index (χ0) is 15.2. The molecular weight excluding hydrogens is 319 g/mol. The molecule has 0 aliphatic rings. The fourth-order valence-corrected chi connectivity index (χ4v) is 4.06. The molecule has 1 heteroatoms. The summed E-state index contributed by atoms with van der Waals surface area (Å²) in [6, 6.07) is 10.9. The van der Waals surface area contributed by atoms with Gasteiger partial charge >= 0.3 is 138 Å². The van der Waals surface area contributed by atoms with Crippen LogP contribution in [0, 0.1) is 0 Å². The first kappa shape index (κ1) is 18.3. The molecule has 0 fully saturated rings. The van der Waals surface area contributed by atoms with Gasteiger partial charge < -0.3 is 0 Å². The van der Waals surface area contributed by atoms with Crippen LogP contribution in [0.1, 0.15) is 65.2 Å². The zero-order valence-electron chi connectivity index (χ0n) is 13.7. The van der Waals surface area contributed by atoms with Crippen LogP contribution in [0.4, 0.5) is 0 Å². The van der Waals surface area contributed by atoms with E-state index in [2.05, 4.69) is 62.4 Å². The summed E-state index contributed by atoms with van der Waals surface area (Å²) in [5.74, 6) is 0. The first-order valence-corrected chi connectivity index (χ1v) is 10.2. The van der Waals surface area contributed by atoms with Gasteiger partial charge in [0.05, 0.1) is 0 Å².